The first-order valence-electron chi connectivity index (χ1n) is 14.7. The van der Waals surface area contributed by atoms with Crippen molar-refractivity contribution in [2.75, 3.05) is 40.0 Å². The van der Waals surface area contributed by atoms with Crippen LogP contribution in [0.3, 0.4) is 0 Å². The number of carbonyl (C=O) groups excluding carboxylic acids is 2. The van der Waals surface area contributed by atoms with Crippen molar-refractivity contribution in [2.45, 2.75) is 83.8 Å². The summed E-state index contributed by atoms with van der Waals surface area (Å²) in [5.74, 6) is 0.0431. The molecule has 2 amide bonds. The van der Waals surface area contributed by atoms with Gasteiger partial charge in [0.25, 0.3) is 5.91 Å². The molecule has 0 aromatic heterocycles. The molecule has 1 aromatic carbocycles. The third-order valence-corrected chi connectivity index (χ3v) is 9.65. The molecule has 1 unspecified atom stereocenters. The van der Waals surface area contributed by atoms with E-state index in [1.807, 2.05) is 39.0 Å². The molecule has 42 heavy (non-hydrogen) atoms. The van der Waals surface area contributed by atoms with E-state index in [0.29, 0.717) is 48.7 Å². The highest BCUT2D eigenvalue weighted by Crippen LogP contribution is 2.36. The Morgan fingerprint density at radius 3 is 2.50 bits per heavy atom. The summed E-state index contributed by atoms with van der Waals surface area (Å²) in [4.78, 5) is 39.3. The summed E-state index contributed by atoms with van der Waals surface area (Å²) in [7, 11) is 0.491. The van der Waals surface area contributed by atoms with Crippen LogP contribution in [0.5, 0.6) is 0 Å². The second kappa shape index (κ2) is 14.3. The van der Waals surface area contributed by atoms with Crippen molar-refractivity contribution in [3.05, 3.63) is 39.9 Å². The molecule has 0 saturated carbocycles. The predicted octanol–water partition coefficient (Wildman–Crippen LogP) is 5.55. The van der Waals surface area contributed by atoms with Crippen molar-refractivity contribution in [2.24, 2.45) is 9.98 Å². The zero-order valence-corrected chi connectivity index (χ0v) is 28.3. The first-order valence-corrected chi connectivity index (χ1v) is 18.8. The number of benzene rings is 1. The highest BCUT2D eigenvalue weighted by molar-refractivity contribution is 6.76. The number of nitrogens with one attached hydrogen (secondary N) is 1. The summed E-state index contributed by atoms with van der Waals surface area (Å²) >= 11 is 6.55. The van der Waals surface area contributed by atoms with E-state index < -0.39 is 8.07 Å². The maximum Gasteiger partial charge on any atom is 0.255 e. The lowest BCUT2D eigenvalue weighted by molar-refractivity contribution is -0.135. The van der Waals surface area contributed by atoms with Crippen LogP contribution in [0.2, 0.25) is 25.7 Å². The molecule has 1 atom stereocenters. The van der Waals surface area contributed by atoms with Gasteiger partial charge in [0, 0.05) is 56.6 Å². The van der Waals surface area contributed by atoms with Gasteiger partial charge in [-0.2, -0.15) is 0 Å². The minimum atomic E-state index is -1.28. The maximum absolute atomic E-state index is 13.9. The van der Waals surface area contributed by atoms with E-state index in [1.165, 1.54) is 0 Å². The zero-order valence-electron chi connectivity index (χ0n) is 26.6. The van der Waals surface area contributed by atoms with Gasteiger partial charge in [0.15, 0.2) is 0 Å². The van der Waals surface area contributed by atoms with Crippen LogP contribution >= 0.6 is 11.6 Å². The van der Waals surface area contributed by atoms with Gasteiger partial charge in [0.1, 0.15) is 6.54 Å². The lowest BCUT2D eigenvalue weighted by Crippen LogP contribution is -2.48. The van der Waals surface area contributed by atoms with E-state index in [1.54, 1.807) is 23.8 Å². The van der Waals surface area contributed by atoms with Crippen LogP contribution in [0.25, 0.3) is 5.70 Å². The van der Waals surface area contributed by atoms with Crippen LogP contribution in [0.15, 0.2) is 33.2 Å². The molecular formula is C31H48ClN5O4Si. The minimum absolute atomic E-state index is 0.0313. The SMILES string of the molecule is C=NC(=NC1CCOCC1)N/C(=C(\C)Cl)c1ccc2c(c1)C(=O)N(CC(=O)N(C)C(C)(C)C)C2COCC[Si](C)(C)C. The van der Waals surface area contributed by atoms with Crippen LogP contribution in [-0.4, -0.2) is 94.0 Å². The number of likely N-dealkylation sites (N-methyl/N-ethyl adjacent to an activating group) is 1. The average molecular weight is 618 g/mol. The molecule has 0 radical (unpaired) electrons. The molecule has 11 heteroatoms. The van der Waals surface area contributed by atoms with Crippen LogP contribution < -0.4 is 5.32 Å². The smallest absolute Gasteiger partial charge is 0.255 e. The van der Waals surface area contributed by atoms with Crippen molar-refractivity contribution >= 4 is 49.9 Å². The zero-order chi connectivity index (χ0) is 31.2. The van der Waals surface area contributed by atoms with Crippen molar-refractivity contribution in [3.8, 4) is 0 Å². The molecule has 232 valence electrons. The molecule has 0 aliphatic carbocycles. The third kappa shape index (κ3) is 8.99. The molecule has 3 rings (SSSR count). The average Bonchev–Trinajstić information content (AvgIpc) is 3.17. The van der Waals surface area contributed by atoms with Crippen LogP contribution in [0.4, 0.5) is 0 Å². The number of amides is 2. The van der Waals surface area contributed by atoms with Gasteiger partial charge in [0.05, 0.1) is 24.4 Å². The number of ether oxygens (including phenoxy) is 2. The minimum Gasteiger partial charge on any atom is -0.381 e. The number of rotatable bonds is 10. The molecule has 9 nitrogen and oxygen atoms in total. The normalized spacial score (nSPS) is 19.0. The number of nitrogens with zero attached hydrogens (tertiary/aromatic N) is 4. The fourth-order valence-electron chi connectivity index (χ4n) is 4.78. The van der Waals surface area contributed by atoms with Gasteiger partial charge in [-0.25, -0.2) is 9.98 Å². The third-order valence-electron chi connectivity index (χ3n) is 7.75. The van der Waals surface area contributed by atoms with Crippen molar-refractivity contribution in [1.29, 1.82) is 0 Å². The Hall–Kier alpha value is -2.53. The van der Waals surface area contributed by atoms with Crippen LogP contribution in [-0.2, 0) is 14.3 Å². The molecular weight excluding hydrogens is 570 g/mol. The van der Waals surface area contributed by atoms with Gasteiger partial charge in [-0.1, -0.05) is 43.4 Å². The van der Waals surface area contributed by atoms with E-state index in [9.17, 15) is 9.59 Å². The molecule has 0 spiro atoms. The van der Waals surface area contributed by atoms with Crippen molar-refractivity contribution in [1.82, 2.24) is 15.1 Å². The van der Waals surface area contributed by atoms with E-state index in [-0.39, 0.29) is 36.0 Å². The number of allylic oxidation sites excluding steroid dienone is 1. The molecule has 1 aromatic rings. The number of aliphatic imine (C=N–C) groups is 2. The van der Waals surface area contributed by atoms with Gasteiger partial charge in [-0.05, 0) is 64.9 Å². The lowest BCUT2D eigenvalue weighted by atomic mass is 10.0. The summed E-state index contributed by atoms with van der Waals surface area (Å²) in [5.41, 5.74) is 2.32. The van der Waals surface area contributed by atoms with E-state index >= 15 is 0 Å². The number of carbonyl (C=O) groups is 2. The summed E-state index contributed by atoms with van der Waals surface area (Å²) in [5, 5.41) is 3.73. The summed E-state index contributed by atoms with van der Waals surface area (Å²) < 4.78 is 11.6. The van der Waals surface area contributed by atoms with Gasteiger partial charge in [0.2, 0.25) is 11.9 Å². The fraction of sp³-hybridized carbons (Fsp3) is 0.613. The predicted molar refractivity (Wildman–Crippen MR) is 174 cm³/mol. The quantitative estimate of drug-likeness (QED) is 0.161. The number of fused-ring (bicyclic) bond motifs is 1. The van der Waals surface area contributed by atoms with E-state index in [4.69, 9.17) is 26.1 Å². The first kappa shape index (κ1) is 34.0. The van der Waals surface area contributed by atoms with Crippen molar-refractivity contribution < 1.29 is 19.1 Å². The number of hydrogen-bond donors (Lipinski definition) is 1. The van der Waals surface area contributed by atoms with Crippen molar-refractivity contribution in [3.63, 3.8) is 0 Å². The van der Waals surface area contributed by atoms with Crippen LogP contribution in [0, 0.1) is 0 Å². The summed E-state index contributed by atoms with van der Waals surface area (Å²) in [6.45, 7) is 20.5. The second-order valence-corrected chi connectivity index (χ2v) is 19.4. The Bertz CT molecular complexity index is 1210. The Labute approximate surface area is 257 Å². The molecule has 0 bridgehead atoms. The standard InChI is InChI=1S/C31H48ClN5O4Si/c1-21(32)28(35-30(33-5)34-23-12-14-40-15-13-23)22-10-11-24-25(18-22)29(39)37(19-27(38)36(6)31(2,3)4)26(24)20-41-16-17-42(7,8)9/h10-11,18,23,26H,5,12-17,19-20H2,1-4,6-9H3,(H,34,35)/b28-21+. The Kier molecular flexibility index (Phi) is 11.6. The maximum atomic E-state index is 13.9. The lowest BCUT2D eigenvalue weighted by Gasteiger charge is -2.34. The van der Waals surface area contributed by atoms with Gasteiger partial charge < -0.3 is 24.6 Å². The Morgan fingerprint density at radius 2 is 1.93 bits per heavy atom. The van der Waals surface area contributed by atoms with E-state index in [2.05, 4.69) is 36.7 Å². The molecule has 2 aliphatic heterocycles. The highest BCUT2D eigenvalue weighted by Gasteiger charge is 2.39. The molecule has 1 fully saturated rings. The Morgan fingerprint density at radius 1 is 1.26 bits per heavy atom. The fourth-order valence-corrected chi connectivity index (χ4v) is 5.69. The molecule has 2 heterocycles. The highest BCUT2D eigenvalue weighted by atomic mass is 35.5. The Balaban J connectivity index is 1.91. The van der Waals surface area contributed by atoms with E-state index in [0.717, 1.165) is 30.0 Å². The molecule has 1 N–H and O–H groups in total. The molecule has 1 saturated heterocycles. The number of halogens is 1. The van der Waals surface area contributed by atoms with Gasteiger partial charge >= 0.3 is 0 Å². The van der Waals surface area contributed by atoms with Gasteiger partial charge in [-0.3, -0.25) is 9.59 Å². The number of guanidine groups is 1. The largest absolute Gasteiger partial charge is 0.381 e. The molecule has 2 aliphatic rings. The number of hydrogen-bond acceptors (Lipinski definition) is 5. The van der Waals surface area contributed by atoms with Crippen LogP contribution in [0.1, 0.15) is 68.1 Å². The van der Waals surface area contributed by atoms with Gasteiger partial charge in [-0.15, -0.1) is 0 Å². The first-order chi connectivity index (χ1) is 19.6. The monoisotopic (exact) mass is 617 g/mol. The topological polar surface area (TPSA) is 95.8 Å². The second-order valence-electron chi connectivity index (χ2n) is 13.2. The summed E-state index contributed by atoms with van der Waals surface area (Å²) in [6.07, 6.45) is 1.63. The summed E-state index contributed by atoms with van der Waals surface area (Å²) in [6, 6.07) is 6.44.